The third-order valence-corrected chi connectivity index (χ3v) is 9.47. The number of esters is 3. The number of aromatic amines is 1. The molecule has 4 aromatic carbocycles. The van der Waals surface area contributed by atoms with E-state index in [1.165, 1.54) is 66.7 Å². The van der Waals surface area contributed by atoms with Gasteiger partial charge in [-0.2, -0.15) is 52.7 Å². The first kappa shape index (κ1) is 65.1. The number of hydrogen-bond donors (Lipinski definition) is 6. The molecule has 16 nitrogen and oxygen atoms in total. The molecule has 0 bridgehead atoms. The second-order valence-corrected chi connectivity index (χ2v) is 14.9. The van der Waals surface area contributed by atoms with Crippen molar-refractivity contribution in [2.24, 2.45) is 22.2 Å². The van der Waals surface area contributed by atoms with E-state index < -0.39 is 94.3 Å². The summed E-state index contributed by atoms with van der Waals surface area (Å²) in [6.45, 7) is 7.75. The van der Waals surface area contributed by atoms with Crippen LogP contribution in [0.15, 0.2) is 108 Å². The number of benzene rings is 4. The highest BCUT2D eigenvalue weighted by Crippen LogP contribution is 2.37. The van der Waals surface area contributed by atoms with Gasteiger partial charge in [0.25, 0.3) is 0 Å². The van der Waals surface area contributed by atoms with Crippen LogP contribution in [0.4, 0.5) is 52.7 Å². The predicted molar refractivity (Wildman–Crippen MR) is 255 cm³/mol. The van der Waals surface area contributed by atoms with Crippen molar-refractivity contribution in [3.05, 3.63) is 148 Å². The van der Waals surface area contributed by atoms with Crippen molar-refractivity contribution in [2.45, 2.75) is 64.5 Å². The number of amides is 1. The van der Waals surface area contributed by atoms with E-state index in [1.807, 2.05) is 0 Å². The SMILES string of the molecule is CCOC(=N)c1ccccc1C(F)(F)F.CCOC(=O)C(N)CN.CCOC(=O)C1CN=C(c2ccccc2C(F)(F)F)N1.CCOC(=O)c1cnc(-c2ccccc2C(F)(F)F)[nH]1.NC(=O)c1ccccc1C(F)(F)F. The van der Waals surface area contributed by atoms with Crippen LogP contribution in [-0.4, -0.2) is 97.1 Å². The van der Waals surface area contributed by atoms with Crippen molar-refractivity contribution in [1.29, 1.82) is 5.41 Å². The highest BCUT2D eigenvalue weighted by Gasteiger charge is 2.38. The quantitative estimate of drug-likeness (QED) is 0.0225. The number of alkyl halides is 12. The molecule has 1 aromatic heterocycles. The number of carbonyl (C=O) groups is 4. The maximum Gasteiger partial charge on any atom is 0.417 e. The number of imidazole rings is 1. The maximum atomic E-state index is 12.9. The Morgan fingerprint density at radius 2 is 1.05 bits per heavy atom. The molecule has 2 unspecified atom stereocenters. The van der Waals surface area contributed by atoms with Gasteiger partial charge in [-0.1, -0.05) is 60.7 Å². The molecule has 420 valence electrons. The number of aliphatic imine (C=N–C) groups is 1. The number of carbonyl (C=O) groups excluding carboxylic acids is 4. The summed E-state index contributed by atoms with van der Waals surface area (Å²) >= 11 is 0. The van der Waals surface area contributed by atoms with Gasteiger partial charge in [0.05, 0.1) is 67.0 Å². The van der Waals surface area contributed by atoms with Gasteiger partial charge in [-0.3, -0.25) is 20.0 Å². The molecule has 1 amide bonds. The van der Waals surface area contributed by atoms with Crippen molar-refractivity contribution < 1.29 is 90.8 Å². The number of ether oxygens (including phenoxy) is 4. The van der Waals surface area contributed by atoms with Crippen LogP contribution in [0.5, 0.6) is 0 Å². The fourth-order valence-corrected chi connectivity index (χ4v) is 6.06. The lowest BCUT2D eigenvalue weighted by Crippen LogP contribution is -2.39. The molecule has 5 aromatic rings. The summed E-state index contributed by atoms with van der Waals surface area (Å²) in [7, 11) is 0. The number of halogens is 12. The molecule has 1 aliphatic rings. The predicted octanol–water partition coefficient (Wildman–Crippen LogP) is 8.97. The smallest absolute Gasteiger partial charge is 0.417 e. The van der Waals surface area contributed by atoms with E-state index >= 15 is 0 Å². The van der Waals surface area contributed by atoms with Crippen molar-refractivity contribution in [1.82, 2.24) is 15.3 Å². The van der Waals surface area contributed by atoms with Gasteiger partial charge < -0.3 is 46.4 Å². The Morgan fingerprint density at radius 1 is 0.623 bits per heavy atom. The second-order valence-electron chi connectivity index (χ2n) is 14.9. The van der Waals surface area contributed by atoms with E-state index in [9.17, 15) is 71.9 Å². The van der Waals surface area contributed by atoms with Crippen LogP contribution in [-0.2, 0) is 53.2 Å². The van der Waals surface area contributed by atoms with E-state index in [-0.39, 0.29) is 67.0 Å². The molecular formula is C49H52F12N8O8. The van der Waals surface area contributed by atoms with Crippen LogP contribution in [0.25, 0.3) is 11.4 Å². The Bertz CT molecular complexity index is 2760. The molecule has 2 heterocycles. The molecule has 0 saturated heterocycles. The zero-order valence-corrected chi connectivity index (χ0v) is 41.1. The van der Waals surface area contributed by atoms with E-state index in [4.69, 9.17) is 36.8 Å². The number of nitrogens with one attached hydrogen (secondary N) is 3. The van der Waals surface area contributed by atoms with Gasteiger partial charge in [-0.05, 0) is 64.1 Å². The molecule has 6 rings (SSSR count). The first-order valence-electron chi connectivity index (χ1n) is 22.5. The van der Waals surface area contributed by atoms with Gasteiger partial charge in [0.1, 0.15) is 29.4 Å². The van der Waals surface area contributed by atoms with Crippen LogP contribution >= 0.6 is 0 Å². The Labute approximate surface area is 431 Å². The van der Waals surface area contributed by atoms with Gasteiger partial charge >= 0.3 is 42.6 Å². The van der Waals surface area contributed by atoms with Gasteiger partial charge in [-0.25, -0.2) is 14.6 Å². The van der Waals surface area contributed by atoms with Gasteiger partial charge in [0.15, 0.2) is 0 Å². The lowest BCUT2D eigenvalue weighted by molar-refractivity contribution is -0.145. The third kappa shape index (κ3) is 20.6. The zero-order chi connectivity index (χ0) is 58.3. The standard InChI is InChI=1S/C13H13F3N2O2.C13H11F3N2O2.C10H10F3NO.C8H6F3NO.C5H12N2O2/c2*1-2-20-12(19)10-7-17-11(18-10)8-5-3-4-6-9(8)13(14,15)16;1-2-15-9(14)7-5-3-4-6-8(7)10(11,12)13;9-8(10,11)6-4-2-1-3-5(6)7(12)13;1-2-9-5(8)4(7)3-6/h3-6,10H,2,7H2,1H3,(H,17,18);3-7H,2H2,1H3,(H,17,18);3-6,14H,2H2,1H3;1-4H,(H2,12,13);4H,2-3,6-7H2,1H3. The molecule has 0 fully saturated rings. The van der Waals surface area contributed by atoms with Gasteiger partial charge in [-0.15, -0.1) is 0 Å². The Morgan fingerprint density at radius 3 is 1.51 bits per heavy atom. The number of amidine groups is 1. The summed E-state index contributed by atoms with van der Waals surface area (Å²) in [5.74, 6) is -3.10. The molecule has 0 saturated carbocycles. The topological polar surface area (TPSA) is 260 Å². The Kier molecular flexibility index (Phi) is 25.3. The normalized spacial score (nSPS) is 13.3. The minimum Gasteiger partial charge on any atom is -0.478 e. The van der Waals surface area contributed by atoms with Crippen molar-refractivity contribution >= 4 is 35.5 Å². The summed E-state index contributed by atoms with van der Waals surface area (Å²) in [6.07, 6.45) is -16.8. The van der Waals surface area contributed by atoms with Crippen LogP contribution in [0, 0.1) is 5.41 Å². The first-order chi connectivity index (χ1) is 36.0. The number of rotatable bonds is 12. The molecule has 9 N–H and O–H groups in total. The number of hydrogen-bond acceptors (Lipinski definition) is 14. The fourth-order valence-electron chi connectivity index (χ4n) is 6.06. The average molecular weight is 1110 g/mol. The minimum absolute atomic E-state index is 0.0128. The monoisotopic (exact) mass is 1110 g/mol. The molecular weight excluding hydrogens is 1060 g/mol. The van der Waals surface area contributed by atoms with Crippen molar-refractivity contribution in [3.63, 3.8) is 0 Å². The van der Waals surface area contributed by atoms with Gasteiger partial charge in [0.2, 0.25) is 11.8 Å². The van der Waals surface area contributed by atoms with Gasteiger partial charge in [0, 0.05) is 23.2 Å². The molecule has 2 atom stereocenters. The summed E-state index contributed by atoms with van der Waals surface area (Å²) in [4.78, 5) is 54.4. The lowest BCUT2D eigenvalue weighted by atomic mass is 10.1. The largest absolute Gasteiger partial charge is 0.478 e. The maximum absolute atomic E-state index is 12.9. The summed E-state index contributed by atoms with van der Waals surface area (Å²) in [6, 6.07) is 18.0. The molecule has 0 radical (unpaired) electrons. The number of H-pyrrole nitrogens is 1. The lowest BCUT2D eigenvalue weighted by Gasteiger charge is -2.14. The summed E-state index contributed by atoms with van der Waals surface area (Å²) < 4.78 is 170. The van der Waals surface area contributed by atoms with E-state index in [0.717, 1.165) is 36.5 Å². The Balaban J connectivity index is 0.000000338. The van der Waals surface area contributed by atoms with E-state index in [0.29, 0.717) is 6.61 Å². The number of aromatic nitrogens is 2. The zero-order valence-electron chi connectivity index (χ0n) is 41.1. The summed E-state index contributed by atoms with van der Waals surface area (Å²) in [5, 5.41) is 10.0. The first-order valence-corrected chi connectivity index (χ1v) is 22.5. The summed E-state index contributed by atoms with van der Waals surface area (Å²) in [5.41, 5.74) is 10.7. The molecule has 77 heavy (non-hydrogen) atoms. The van der Waals surface area contributed by atoms with E-state index in [1.54, 1.807) is 27.7 Å². The van der Waals surface area contributed by atoms with Crippen molar-refractivity contribution in [2.75, 3.05) is 39.5 Å². The molecule has 0 spiro atoms. The molecule has 0 aliphatic carbocycles. The number of primary amides is 1. The number of nitrogens with zero attached hydrogens (tertiary/aromatic N) is 2. The van der Waals surface area contributed by atoms with Crippen LogP contribution in [0.1, 0.15) is 81.9 Å². The molecule has 1 aliphatic heterocycles. The average Bonchev–Trinajstić information content (AvgIpc) is 4.08. The number of nitrogens with two attached hydrogens (primary N) is 3. The highest BCUT2D eigenvalue weighted by atomic mass is 19.4. The van der Waals surface area contributed by atoms with E-state index in [2.05, 4.69) is 25.0 Å². The fraction of sp³-hybridized carbons (Fsp3) is 0.327. The van der Waals surface area contributed by atoms with Crippen molar-refractivity contribution in [3.8, 4) is 11.4 Å². The highest BCUT2D eigenvalue weighted by molar-refractivity contribution is 6.04. The molecule has 28 heteroatoms. The minimum atomic E-state index is -4.54. The van der Waals surface area contributed by atoms with Crippen LogP contribution in [0.3, 0.4) is 0 Å². The van der Waals surface area contributed by atoms with Crippen LogP contribution < -0.4 is 22.5 Å². The van der Waals surface area contributed by atoms with Crippen LogP contribution in [0.2, 0.25) is 0 Å². The Hall–Kier alpha value is -8.01. The second kappa shape index (κ2) is 29.9. The third-order valence-electron chi connectivity index (χ3n) is 9.47.